The molecule has 0 saturated carbocycles. The van der Waals surface area contributed by atoms with E-state index in [1.165, 1.54) is 16.3 Å². The standard InChI is InChI=1S/C17H11ClN2S2/c18-16-15-14(7-8-21-15)19-17(20-16)22-10-11-5-6-12-3-1-2-4-13(12)9-11/h1-9H,10H2. The lowest BCUT2D eigenvalue weighted by molar-refractivity contribution is 1.01. The number of rotatable bonds is 3. The summed E-state index contributed by atoms with van der Waals surface area (Å²) in [6.07, 6.45) is 0. The van der Waals surface area contributed by atoms with E-state index in [1.807, 2.05) is 11.4 Å². The Kier molecular flexibility index (Phi) is 3.74. The third kappa shape index (κ3) is 2.70. The maximum atomic E-state index is 6.21. The van der Waals surface area contributed by atoms with Gasteiger partial charge >= 0.3 is 0 Å². The third-order valence-corrected chi connectivity index (χ3v) is 5.64. The second kappa shape index (κ2) is 5.88. The van der Waals surface area contributed by atoms with E-state index < -0.39 is 0 Å². The lowest BCUT2D eigenvalue weighted by atomic mass is 10.1. The highest BCUT2D eigenvalue weighted by molar-refractivity contribution is 7.98. The number of hydrogen-bond acceptors (Lipinski definition) is 4. The molecular formula is C17H11ClN2S2. The van der Waals surface area contributed by atoms with Gasteiger partial charge in [-0.15, -0.1) is 11.3 Å². The molecule has 22 heavy (non-hydrogen) atoms. The minimum atomic E-state index is 0.543. The highest BCUT2D eigenvalue weighted by atomic mass is 35.5. The molecule has 0 unspecified atom stereocenters. The first-order valence-electron chi connectivity index (χ1n) is 6.81. The summed E-state index contributed by atoms with van der Waals surface area (Å²) in [5, 5.41) is 5.77. The van der Waals surface area contributed by atoms with E-state index >= 15 is 0 Å². The van der Waals surface area contributed by atoms with Gasteiger partial charge in [-0.2, -0.15) is 0 Å². The summed E-state index contributed by atoms with van der Waals surface area (Å²) in [5.74, 6) is 0.830. The van der Waals surface area contributed by atoms with Gasteiger partial charge < -0.3 is 0 Å². The Morgan fingerprint density at radius 3 is 2.77 bits per heavy atom. The molecule has 0 spiro atoms. The molecule has 4 aromatic rings. The molecule has 0 fully saturated rings. The number of thiophene rings is 1. The lowest BCUT2D eigenvalue weighted by Gasteiger charge is -2.04. The Labute approximate surface area is 141 Å². The smallest absolute Gasteiger partial charge is 0.189 e. The summed E-state index contributed by atoms with van der Waals surface area (Å²) in [6.45, 7) is 0. The molecule has 0 aliphatic heterocycles. The molecule has 4 rings (SSSR count). The van der Waals surface area contributed by atoms with Crippen molar-refractivity contribution in [3.8, 4) is 0 Å². The van der Waals surface area contributed by atoms with Crippen LogP contribution in [-0.4, -0.2) is 9.97 Å². The van der Waals surface area contributed by atoms with Crippen LogP contribution in [0.2, 0.25) is 5.15 Å². The van der Waals surface area contributed by atoms with Gasteiger partial charge in [-0.3, -0.25) is 0 Å². The van der Waals surface area contributed by atoms with Crippen LogP contribution in [0, 0.1) is 0 Å². The van der Waals surface area contributed by atoms with Crippen LogP contribution in [0.4, 0.5) is 0 Å². The zero-order valence-electron chi connectivity index (χ0n) is 11.5. The number of nitrogens with zero attached hydrogens (tertiary/aromatic N) is 2. The molecular weight excluding hydrogens is 332 g/mol. The molecule has 0 aliphatic rings. The summed E-state index contributed by atoms with van der Waals surface area (Å²) < 4.78 is 0.955. The number of halogens is 1. The Morgan fingerprint density at radius 2 is 1.86 bits per heavy atom. The first-order chi connectivity index (χ1) is 10.8. The van der Waals surface area contributed by atoms with Crippen molar-refractivity contribution >= 4 is 55.7 Å². The quantitative estimate of drug-likeness (QED) is 0.268. The zero-order valence-corrected chi connectivity index (χ0v) is 13.9. The van der Waals surface area contributed by atoms with E-state index in [9.17, 15) is 0 Å². The summed E-state index contributed by atoms with van der Waals surface area (Å²) in [4.78, 5) is 8.93. The predicted octanol–water partition coefficient (Wildman–Crippen LogP) is 5.79. The molecule has 0 saturated heterocycles. The monoisotopic (exact) mass is 342 g/mol. The zero-order chi connectivity index (χ0) is 14.9. The molecule has 0 N–H and O–H groups in total. The number of aromatic nitrogens is 2. The molecule has 0 bridgehead atoms. The number of fused-ring (bicyclic) bond motifs is 2. The fourth-order valence-corrected chi connectivity index (χ4v) is 4.21. The van der Waals surface area contributed by atoms with Crippen LogP contribution >= 0.6 is 34.7 Å². The molecule has 108 valence electrons. The van der Waals surface area contributed by atoms with Gasteiger partial charge in [-0.1, -0.05) is 65.8 Å². The van der Waals surface area contributed by atoms with Crippen LogP contribution in [0.3, 0.4) is 0 Å². The topological polar surface area (TPSA) is 25.8 Å². The largest absolute Gasteiger partial charge is 0.222 e. The predicted molar refractivity (Wildman–Crippen MR) is 95.9 cm³/mol. The normalized spacial score (nSPS) is 11.3. The Hall–Kier alpha value is -1.62. The SMILES string of the molecule is Clc1nc(SCc2ccc3ccccc3c2)nc2ccsc12. The van der Waals surface area contributed by atoms with E-state index in [4.69, 9.17) is 11.6 Å². The highest BCUT2D eigenvalue weighted by Gasteiger charge is 2.08. The molecule has 0 radical (unpaired) electrons. The third-order valence-electron chi connectivity index (χ3n) is 3.42. The van der Waals surface area contributed by atoms with Crippen molar-refractivity contribution in [3.63, 3.8) is 0 Å². The van der Waals surface area contributed by atoms with Gasteiger partial charge in [0.05, 0.1) is 10.2 Å². The number of benzene rings is 2. The van der Waals surface area contributed by atoms with Crippen LogP contribution in [0.15, 0.2) is 59.1 Å². The van der Waals surface area contributed by atoms with E-state index in [0.717, 1.165) is 21.1 Å². The number of hydrogen-bond donors (Lipinski definition) is 0. The molecule has 5 heteroatoms. The Morgan fingerprint density at radius 1 is 1.00 bits per heavy atom. The van der Waals surface area contributed by atoms with Gasteiger partial charge in [0.25, 0.3) is 0 Å². The van der Waals surface area contributed by atoms with Crippen LogP contribution in [0.1, 0.15) is 5.56 Å². The van der Waals surface area contributed by atoms with Gasteiger partial charge in [0, 0.05) is 5.75 Å². The Balaban J connectivity index is 1.59. The maximum absolute atomic E-state index is 6.21. The van der Waals surface area contributed by atoms with Crippen LogP contribution in [0.25, 0.3) is 21.0 Å². The van der Waals surface area contributed by atoms with Crippen molar-refractivity contribution in [2.75, 3.05) is 0 Å². The molecule has 0 aliphatic carbocycles. The van der Waals surface area contributed by atoms with E-state index in [2.05, 4.69) is 52.4 Å². The van der Waals surface area contributed by atoms with Crippen LogP contribution in [0.5, 0.6) is 0 Å². The minimum absolute atomic E-state index is 0.543. The lowest BCUT2D eigenvalue weighted by Crippen LogP contribution is -1.89. The van der Waals surface area contributed by atoms with Crippen molar-refractivity contribution < 1.29 is 0 Å². The average molecular weight is 343 g/mol. The second-order valence-corrected chi connectivity index (χ2v) is 7.12. The van der Waals surface area contributed by atoms with Gasteiger partial charge in [-0.05, 0) is 27.8 Å². The van der Waals surface area contributed by atoms with Crippen LogP contribution < -0.4 is 0 Å². The van der Waals surface area contributed by atoms with Crippen molar-refractivity contribution in [1.29, 1.82) is 0 Å². The minimum Gasteiger partial charge on any atom is -0.222 e. The number of thioether (sulfide) groups is 1. The molecule has 2 nitrogen and oxygen atoms in total. The summed E-state index contributed by atoms with van der Waals surface area (Å²) in [6, 6.07) is 16.9. The van der Waals surface area contributed by atoms with Crippen molar-refractivity contribution in [1.82, 2.24) is 9.97 Å². The second-order valence-electron chi connectivity index (χ2n) is 4.90. The first kappa shape index (κ1) is 14.0. The van der Waals surface area contributed by atoms with Gasteiger partial charge in [0.15, 0.2) is 10.3 Å². The fraction of sp³-hybridized carbons (Fsp3) is 0.0588. The van der Waals surface area contributed by atoms with Gasteiger partial charge in [0.1, 0.15) is 0 Å². The average Bonchev–Trinajstić information content (AvgIpc) is 3.02. The van der Waals surface area contributed by atoms with E-state index in [-0.39, 0.29) is 0 Å². The van der Waals surface area contributed by atoms with E-state index in [0.29, 0.717) is 5.15 Å². The van der Waals surface area contributed by atoms with Crippen molar-refractivity contribution in [2.45, 2.75) is 10.9 Å². The van der Waals surface area contributed by atoms with Crippen molar-refractivity contribution in [3.05, 3.63) is 64.6 Å². The maximum Gasteiger partial charge on any atom is 0.189 e. The molecule has 0 atom stereocenters. The summed E-state index contributed by atoms with van der Waals surface area (Å²) >= 11 is 9.39. The van der Waals surface area contributed by atoms with Crippen molar-refractivity contribution in [2.24, 2.45) is 0 Å². The molecule has 2 aromatic carbocycles. The molecule has 0 amide bonds. The summed E-state index contributed by atoms with van der Waals surface area (Å²) in [7, 11) is 0. The van der Waals surface area contributed by atoms with Gasteiger partial charge in [0.2, 0.25) is 0 Å². The van der Waals surface area contributed by atoms with Gasteiger partial charge in [-0.25, -0.2) is 9.97 Å². The summed E-state index contributed by atoms with van der Waals surface area (Å²) in [5.41, 5.74) is 2.18. The van der Waals surface area contributed by atoms with Crippen LogP contribution in [-0.2, 0) is 5.75 Å². The highest BCUT2D eigenvalue weighted by Crippen LogP contribution is 2.30. The van der Waals surface area contributed by atoms with E-state index in [1.54, 1.807) is 23.1 Å². The first-order valence-corrected chi connectivity index (χ1v) is 9.05. The molecule has 2 heterocycles. The molecule has 2 aromatic heterocycles. The Bertz CT molecular complexity index is 965. The fourth-order valence-electron chi connectivity index (χ4n) is 2.35.